The van der Waals surface area contributed by atoms with Crippen LogP contribution in [0.5, 0.6) is 0 Å². The average Bonchev–Trinajstić information content (AvgIpc) is 1.43. The molecule has 0 aromatic rings. The number of aliphatic hydroxyl groups is 1. The Bertz CT molecular complexity index is 1870. The minimum Gasteiger partial charge on any atom is -0.462 e. The highest BCUT2D eigenvalue weighted by Crippen LogP contribution is 2.45. The minimum absolute atomic E-state index is 0.107. The highest BCUT2D eigenvalue weighted by Gasteiger charge is 2.30. The SMILES string of the molecule is CCCCCCCCCCCCCCCCCCCCCCC(=O)O[C@H](COC(=O)CCCCCCCCCCCCCC(C)C)COP(=O)(O)OC[C@@H](O)COP(=O)(O)OC[C@@H](COC(=O)CCCCCCCCC(C)C)OC(=O)CCCCCCCCCCCCCCCC. The molecular weight excluding hydrogens is 1270 g/mol. The topological polar surface area (TPSA) is 237 Å². The second-order valence-electron chi connectivity index (χ2n) is 29.1. The molecule has 0 aromatic heterocycles. The Kier molecular flexibility index (Phi) is 68.4. The first-order valence-electron chi connectivity index (χ1n) is 40.5. The van der Waals surface area contributed by atoms with Crippen LogP contribution in [0.15, 0.2) is 0 Å². The van der Waals surface area contributed by atoms with Gasteiger partial charge in [-0.1, -0.05) is 356 Å². The van der Waals surface area contributed by atoms with Gasteiger partial charge in [-0.3, -0.25) is 37.3 Å². The van der Waals surface area contributed by atoms with Crippen molar-refractivity contribution in [1.29, 1.82) is 0 Å². The highest BCUT2D eigenvalue weighted by molar-refractivity contribution is 7.47. The molecule has 0 saturated carbocycles. The number of hydrogen-bond acceptors (Lipinski definition) is 15. The smallest absolute Gasteiger partial charge is 0.462 e. The third kappa shape index (κ3) is 72.2. The Morgan fingerprint density at radius 1 is 0.278 bits per heavy atom. The largest absolute Gasteiger partial charge is 0.472 e. The molecule has 0 aliphatic heterocycles. The Balaban J connectivity index is 5.21. The number of phosphoric acid groups is 2. The van der Waals surface area contributed by atoms with Crippen LogP contribution in [0.3, 0.4) is 0 Å². The van der Waals surface area contributed by atoms with Crippen LogP contribution in [-0.4, -0.2) is 96.7 Å². The number of aliphatic hydroxyl groups excluding tert-OH is 1. The van der Waals surface area contributed by atoms with Crippen molar-refractivity contribution in [3.8, 4) is 0 Å². The van der Waals surface area contributed by atoms with Gasteiger partial charge in [0.25, 0.3) is 0 Å². The fraction of sp³-hybridized carbons (Fsp3) is 0.949. The molecule has 97 heavy (non-hydrogen) atoms. The second-order valence-corrected chi connectivity index (χ2v) is 32.0. The molecule has 0 saturated heterocycles. The molecular formula is C78H152O17P2. The molecule has 19 heteroatoms. The highest BCUT2D eigenvalue weighted by atomic mass is 31.2. The van der Waals surface area contributed by atoms with Gasteiger partial charge >= 0.3 is 39.5 Å². The lowest BCUT2D eigenvalue weighted by Gasteiger charge is -2.21. The predicted octanol–water partition coefficient (Wildman–Crippen LogP) is 23.1. The van der Waals surface area contributed by atoms with E-state index in [1.165, 1.54) is 218 Å². The van der Waals surface area contributed by atoms with Gasteiger partial charge in [0.1, 0.15) is 19.3 Å². The third-order valence-electron chi connectivity index (χ3n) is 18.2. The Morgan fingerprint density at radius 2 is 0.474 bits per heavy atom. The zero-order chi connectivity index (χ0) is 71.4. The molecule has 0 amide bonds. The maximum atomic E-state index is 13.1. The molecule has 17 nitrogen and oxygen atoms in total. The van der Waals surface area contributed by atoms with Crippen LogP contribution in [0.25, 0.3) is 0 Å². The summed E-state index contributed by atoms with van der Waals surface area (Å²) in [5.41, 5.74) is 0. The van der Waals surface area contributed by atoms with Crippen LogP contribution in [0.4, 0.5) is 0 Å². The summed E-state index contributed by atoms with van der Waals surface area (Å²) >= 11 is 0. The molecule has 3 N–H and O–H groups in total. The number of unbranched alkanes of at least 4 members (excludes halogenated alkanes) is 47. The lowest BCUT2D eigenvalue weighted by atomic mass is 10.0. The Hall–Kier alpha value is -1.94. The summed E-state index contributed by atoms with van der Waals surface area (Å²) in [6.45, 7) is 9.54. The number of hydrogen-bond donors (Lipinski definition) is 3. The van der Waals surface area contributed by atoms with Gasteiger partial charge in [0, 0.05) is 25.7 Å². The number of phosphoric ester groups is 2. The summed E-state index contributed by atoms with van der Waals surface area (Å²) in [6, 6.07) is 0. The van der Waals surface area contributed by atoms with Crippen molar-refractivity contribution < 1.29 is 80.2 Å². The number of ether oxygens (including phenoxy) is 4. The fourth-order valence-electron chi connectivity index (χ4n) is 12.0. The van der Waals surface area contributed by atoms with Gasteiger partial charge in [0.15, 0.2) is 12.2 Å². The zero-order valence-electron chi connectivity index (χ0n) is 63.4. The van der Waals surface area contributed by atoms with E-state index in [1.807, 2.05) is 0 Å². The van der Waals surface area contributed by atoms with Crippen molar-refractivity contribution in [2.75, 3.05) is 39.6 Å². The average molecular weight is 1420 g/mol. The van der Waals surface area contributed by atoms with Gasteiger partial charge in [0.05, 0.1) is 26.4 Å². The molecule has 0 aliphatic rings. The Labute approximate surface area is 594 Å². The number of rotatable bonds is 77. The summed E-state index contributed by atoms with van der Waals surface area (Å²) in [4.78, 5) is 72.8. The lowest BCUT2D eigenvalue weighted by Crippen LogP contribution is -2.30. The molecule has 0 heterocycles. The van der Waals surface area contributed by atoms with Gasteiger partial charge < -0.3 is 33.8 Å². The van der Waals surface area contributed by atoms with Crippen molar-refractivity contribution >= 4 is 39.5 Å². The van der Waals surface area contributed by atoms with Crippen molar-refractivity contribution in [1.82, 2.24) is 0 Å². The summed E-state index contributed by atoms with van der Waals surface area (Å²) in [7, 11) is -9.91. The third-order valence-corrected chi connectivity index (χ3v) is 20.1. The summed E-state index contributed by atoms with van der Waals surface area (Å²) in [6.07, 6.45) is 58.4. The fourth-order valence-corrected chi connectivity index (χ4v) is 13.6. The van der Waals surface area contributed by atoms with E-state index in [4.69, 9.17) is 37.0 Å². The quantitative estimate of drug-likeness (QED) is 0.0222. The van der Waals surface area contributed by atoms with Crippen LogP contribution in [0.1, 0.15) is 408 Å². The van der Waals surface area contributed by atoms with E-state index in [0.29, 0.717) is 31.6 Å². The summed E-state index contributed by atoms with van der Waals surface area (Å²) in [5, 5.41) is 10.6. The summed E-state index contributed by atoms with van der Waals surface area (Å²) in [5.74, 6) is -0.664. The lowest BCUT2D eigenvalue weighted by molar-refractivity contribution is -0.161. The molecule has 576 valence electrons. The van der Waals surface area contributed by atoms with Crippen molar-refractivity contribution in [2.45, 2.75) is 426 Å². The molecule has 0 rings (SSSR count). The van der Waals surface area contributed by atoms with Crippen LogP contribution < -0.4 is 0 Å². The van der Waals surface area contributed by atoms with Crippen LogP contribution >= 0.6 is 15.6 Å². The van der Waals surface area contributed by atoms with Crippen molar-refractivity contribution in [3.63, 3.8) is 0 Å². The first kappa shape index (κ1) is 95.1. The maximum absolute atomic E-state index is 13.1. The molecule has 5 atom stereocenters. The van der Waals surface area contributed by atoms with Crippen LogP contribution in [0, 0.1) is 11.8 Å². The van der Waals surface area contributed by atoms with Gasteiger partial charge in [-0.05, 0) is 37.5 Å². The van der Waals surface area contributed by atoms with E-state index in [-0.39, 0.29) is 25.7 Å². The van der Waals surface area contributed by atoms with Gasteiger partial charge in [-0.2, -0.15) is 0 Å². The Morgan fingerprint density at radius 3 is 0.701 bits per heavy atom. The first-order chi connectivity index (χ1) is 46.9. The molecule has 0 spiro atoms. The monoisotopic (exact) mass is 1420 g/mol. The predicted molar refractivity (Wildman–Crippen MR) is 395 cm³/mol. The van der Waals surface area contributed by atoms with Gasteiger partial charge in [0.2, 0.25) is 0 Å². The second kappa shape index (κ2) is 69.8. The van der Waals surface area contributed by atoms with E-state index in [2.05, 4.69) is 41.5 Å². The van der Waals surface area contributed by atoms with E-state index in [0.717, 1.165) is 102 Å². The molecule has 2 unspecified atom stereocenters. The van der Waals surface area contributed by atoms with Gasteiger partial charge in [-0.15, -0.1) is 0 Å². The van der Waals surface area contributed by atoms with Gasteiger partial charge in [-0.25, -0.2) is 9.13 Å². The molecule has 0 radical (unpaired) electrons. The zero-order valence-corrected chi connectivity index (χ0v) is 65.2. The van der Waals surface area contributed by atoms with Crippen LogP contribution in [-0.2, 0) is 65.4 Å². The van der Waals surface area contributed by atoms with Crippen molar-refractivity contribution in [2.24, 2.45) is 11.8 Å². The molecule has 0 bridgehead atoms. The number of carbonyl (C=O) groups excluding carboxylic acids is 4. The maximum Gasteiger partial charge on any atom is 0.472 e. The number of esters is 4. The van der Waals surface area contributed by atoms with Crippen molar-refractivity contribution in [3.05, 3.63) is 0 Å². The number of carbonyl (C=O) groups is 4. The van der Waals surface area contributed by atoms with E-state index in [9.17, 15) is 43.2 Å². The van der Waals surface area contributed by atoms with E-state index < -0.39 is 97.5 Å². The van der Waals surface area contributed by atoms with E-state index >= 15 is 0 Å². The molecule has 0 aliphatic carbocycles. The van der Waals surface area contributed by atoms with Crippen LogP contribution in [0.2, 0.25) is 0 Å². The van der Waals surface area contributed by atoms with E-state index in [1.54, 1.807) is 0 Å². The molecule has 0 fully saturated rings. The molecule has 0 aromatic carbocycles. The summed E-state index contributed by atoms with van der Waals surface area (Å²) < 4.78 is 68.6. The normalized spacial score (nSPS) is 14.0. The minimum atomic E-state index is -4.96. The standard InChI is InChI=1S/C78H152O17P2/c1-7-9-11-13-15-17-19-21-23-24-25-26-27-28-30-34-39-43-51-57-63-77(82)94-73(66-88-75(80)60-54-48-41-37-35-31-32-36-40-46-52-58-70(3)4)68-92-96(84,85)90-64-72(79)65-91-97(86,87)93-69-74(67-89-76(81)61-55-49-45-44-47-53-59-71(5)6)95-78(83)62-56-50-42-38-33-29-22-20-18-16-14-12-10-8-2/h70-74,79H,7-69H2,1-6H3,(H,84,85)(H,86,87)/t72-,73-,74-/m1/s1. The first-order valence-corrected chi connectivity index (χ1v) is 43.5.